The standard InChI is InChI=1S/C15H14N2O3S/c1-8-7-21-14(16-8)9-2-4-10(5-3-9)17-13(18)11-6-12(11)15(19)20/h2-5,7,11-12H,6H2,1H3,(H,17,18)(H,19,20)/t11-,12-/m0/s1. The highest BCUT2D eigenvalue weighted by molar-refractivity contribution is 7.13. The van der Waals surface area contributed by atoms with Gasteiger partial charge in [-0.3, -0.25) is 9.59 Å². The second kappa shape index (κ2) is 5.29. The highest BCUT2D eigenvalue weighted by Crippen LogP contribution is 2.39. The normalized spacial score (nSPS) is 20.0. The van der Waals surface area contributed by atoms with Crippen molar-refractivity contribution in [2.45, 2.75) is 13.3 Å². The molecule has 2 N–H and O–H groups in total. The number of rotatable bonds is 4. The maximum Gasteiger partial charge on any atom is 0.307 e. The van der Waals surface area contributed by atoms with Gasteiger partial charge in [-0.1, -0.05) is 0 Å². The van der Waals surface area contributed by atoms with Gasteiger partial charge in [-0.2, -0.15) is 0 Å². The molecule has 0 aliphatic heterocycles. The Morgan fingerprint density at radius 2 is 2.00 bits per heavy atom. The van der Waals surface area contributed by atoms with Gasteiger partial charge in [-0.15, -0.1) is 11.3 Å². The zero-order valence-electron chi connectivity index (χ0n) is 11.4. The van der Waals surface area contributed by atoms with Crippen LogP contribution in [0.3, 0.4) is 0 Å². The van der Waals surface area contributed by atoms with Crippen molar-refractivity contribution in [1.29, 1.82) is 0 Å². The van der Waals surface area contributed by atoms with E-state index in [1.807, 2.05) is 36.6 Å². The summed E-state index contributed by atoms with van der Waals surface area (Å²) in [5, 5.41) is 14.5. The van der Waals surface area contributed by atoms with Gasteiger partial charge in [0, 0.05) is 22.3 Å². The summed E-state index contributed by atoms with van der Waals surface area (Å²) in [7, 11) is 0. The molecule has 3 rings (SSSR count). The molecule has 1 amide bonds. The number of amides is 1. The highest BCUT2D eigenvalue weighted by Gasteiger charge is 2.48. The van der Waals surface area contributed by atoms with Crippen LogP contribution in [0.25, 0.3) is 10.6 Å². The van der Waals surface area contributed by atoms with Crippen molar-refractivity contribution < 1.29 is 14.7 Å². The number of carboxylic acid groups (broad SMARTS) is 1. The highest BCUT2D eigenvalue weighted by atomic mass is 32.1. The molecule has 0 radical (unpaired) electrons. The lowest BCUT2D eigenvalue weighted by molar-refractivity contribution is -0.139. The number of hydrogen-bond donors (Lipinski definition) is 2. The van der Waals surface area contributed by atoms with Gasteiger partial charge >= 0.3 is 5.97 Å². The SMILES string of the molecule is Cc1csc(-c2ccc(NC(=O)[C@H]3C[C@@H]3C(=O)O)cc2)n1. The average Bonchev–Trinajstić information content (AvgIpc) is 3.16. The zero-order valence-corrected chi connectivity index (χ0v) is 12.2. The van der Waals surface area contributed by atoms with Crippen LogP contribution in [-0.4, -0.2) is 22.0 Å². The Bertz CT molecular complexity index is 693. The molecule has 1 aliphatic carbocycles. The second-order valence-corrected chi connectivity index (χ2v) is 6.01. The number of thiazole rings is 1. The van der Waals surface area contributed by atoms with E-state index >= 15 is 0 Å². The van der Waals surface area contributed by atoms with Crippen LogP contribution in [0.4, 0.5) is 5.69 Å². The van der Waals surface area contributed by atoms with Gasteiger partial charge in [-0.25, -0.2) is 4.98 Å². The third-order valence-electron chi connectivity index (χ3n) is 3.46. The van der Waals surface area contributed by atoms with Crippen LogP contribution >= 0.6 is 11.3 Å². The van der Waals surface area contributed by atoms with Crippen LogP contribution < -0.4 is 5.32 Å². The topological polar surface area (TPSA) is 79.3 Å². The number of carbonyl (C=O) groups is 2. The maximum absolute atomic E-state index is 11.9. The minimum Gasteiger partial charge on any atom is -0.481 e. The van der Waals surface area contributed by atoms with Gasteiger partial charge in [0.1, 0.15) is 5.01 Å². The van der Waals surface area contributed by atoms with Crippen LogP contribution in [0.2, 0.25) is 0 Å². The first kappa shape index (κ1) is 13.8. The van der Waals surface area contributed by atoms with Crippen molar-refractivity contribution in [3.8, 4) is 10.6 Å². The van der Waals surface area contributed by atoms with Crippen molar-refractivity contribution in [2.24, 2.45) is 11.8 Å². The molecule has 5 nitrogen and oxygen atoms in total. The van der Waals surface area contributed by atoms with E-state index in [0.29, 0.717) is 12.1 Å². The first-order valence-corrected chi connectivity index (χ1v) is 7.49. The monoisotopic (exact) mass is 302 g/mol. The summed E-state index contributed by atoms with van der Waals surface area (Å²) in [4.78, 5) is 27.0. The summed E-state index contributed by atoms with van der Waals surface area (Å²) in [6.45, 7) is 1.95. The Morgan fingerprint density at radius 3 is 2.52 bits per heavy atom. The summed E-state index contributed by atoms with van der Waals surface area (Å²) >= 11 is 1.58. The number of nitrogens with zero attached hydrogens (tertiary/aromatic N) is 1. The van der Waals surface area contributed by atoms with Crippen molar-refractivity contribution >= 4 is 28.9 Å². The number of hydrogen-bond acceptors (Lipinski definition) is 4. The van der Waals surface area contributed by atoms with Crippen LogP contribution in [0.1, 0.15) is 12.1 Å². The van der Waals surface area contributed by atoms with E-state index in [9.17, 15) is 9.59 Å². The molecule has 0 saturated heterocycles. The van der Waals surface area contributed by atoms with Crippen molar-refractivity contribution in [2.75, 3.05) is 5.32 Å². The van der Waals surface area contributed by atoms with E-state index in [0.717, 1.165) is 16.3 Å². The first-order chi connectivity index (χ1) is 10.0. The van der Waals surface area contributed by atoms with Gasteiger partial charge < -0.3 is 10.4 Å². The predicted octanol–water partition coefficient (Wildman–Crippen LogP) is 2.78. The Balaban J connectivity index is 1.65. The quantitative estimate of drug-likeness (QED) is 0.910. The van der Waals surface area contributed by atoms with Crippen LogP contribution in [0, 0.1) is 18.8 Å². The molecular weight excluding hydrogens is 288 g/mol. The van der Waals surface area contributed by atoms with Crippen molar-refractivity contribution in [1.82, 2.24) is 4.98 Å². The third kappa shape index (κ3) is 2.95. The van der Waals surface area contributed by atoms with E-state index in [2.05, 4.69) is 10.3 Å². The Kier molecular flexibility index (Phi) is 3.47. The smallest absolute Gasteiger partial charge is 0.307 e. The van der Waals surface area contributed by atoms with Crippen LogP contribution in [-0.2, 0) is 9.59 Å². The van der Waals surface area contributed by atoms with Gasteiger partial charge in [-0.05, 0) is 37.6 Å². The van der Waals surface area contributed by atoms with Gasteiger partial charge in [0.2, 0.25) is 5.91 Å². The van der Waals surface area contributed by atoms with Crippen molar-refractivity contribution in [3.05, 3.63) is 35.3 Å². The number of aliphatic carboxylic acids is 1. The van der Waals surface area contributed by atoms with Gasteiger partial charge in [0.15, 0.2) is 0 Å². The molecule has 0 bridgehead atoms. The number of carbonyl (C=O) groups excluding carboxylic acids is 1. The van der Waals surface area contributed by atoms with E-state index in [-0.39, 0.29) is 5.91 Å². The predicted molar refractivity (Wildman–Crippen MR) is 80.1 cm³/mol. The number of carboxylic acids is 1. The molecule has 2 atom stereocenters. The summed E-state index contributed by atoms with van der Waals surface area (Å²) in [5.74, 6) is -2.05. The molecule has 1 aliphatic rings. The number of anilines is 1. The molecule has 1 fully saturated rings. The van der Waals surface area contributed by atoms with E-state index in [1.54, 1.807) is 11.3 Å². The maximum atomic E-state index is 11.9. The van der Waals surface area contributed by atoms with Gasteiger partial charge in [0.25, 0.3) is 0 Å². The molecule has 2 aromatic rings. The Labute approximate surface area is 125 Å². The number of aryl methyl sites for hydroxylation is 1. The summed E-state index contributed by atoms with van der Waals surface area (Å²) in [6.07, 6.45) is 0.428. The third-order valence-corrected chi connectivity index (χ3v) is 4.47. The van der Waals surface area contributed by atoms with Gasteiger partial charge in [0.05, 0.1) is 11.8 Å². The molecule has 1 aromatic carbocycles. The molecule has 21 heavy (non-hydrogen) atoms. The Hall–Kier alpha value is -2.21. The molecular formula is C15H14N2O3S. The Morgan fingerprint density at radius 1 is 1.29 bits per heavy atom. The zero-order chi connectivity index (χ0) is 15.0. The first-order valence-electron chi connectivity index (χ1n) is 6.61. The molecule has 0 spiro atoms. The summed E-state index contributed by atoms with van der Waals surface area (Å²) in [6, 6.07) is 7.41. The van der Waals surface area contributed by atoms with E-state index < -0.39 is 17.8 Å². The number of nitrogens with one attached hydrogen (secondary N) is 1. The summed E-state index contributed by atoms with van der Waals surface area (Å²) < 4.78 is 0. The molecule has 1 saturated carbocycles. The number of aromatic nitrogens is 1. The van der Waals surface area contributed by atoms with Crippen molar-refractivity contribution in [3.63, 3.8) is 0 Å². The lowest BCUT2D eigenvalue weighted by Gasteiger charge is -2.05. The molecule has 0 unspecified atom stereocenters. The van der Waals surface area contributed by atoms with Crippen LogP contribution in [0.5, 0.6) is 0 Å². The lowest BCUT2D eigenvalue weighted by Crippen LogP contribution is -2.16. The second-order valence-electron chi connectivity index (χ2n) is 5.15. The minimum absolute atomic E-state index is 0.222. The lowest BCUT2D eigenvalue weighted by atomic mass is 10.2. The molecule has 108 valence electrons. The average molecular weight is 302 g/mol. The number of benzene rings is 1. The van der Waals surface area contributed by atoms with Crippen LogP contribution in [0.15, 0.2) is 29.6 Å². The fourth-order valence-corrected chi connectivity index (χ4v) is 2.98. The fraction of sp³-hybridized carbons (Fsp3) is 0.267. The fourth-order valence-electron chi connectivity index (χ4n) is 2.18. The van der Waals surface area contributed by atoms with E-state index in [1.165, 1.54) is 0 Å². The largest absolute Gasteiger partial charge is 0.481 e. The summed E-state index contributed by atoms with van der Waals surface area (Å²) in [5.41, 5.74) is 2.66. The van der Waals surface area contributed by atoms with E-state index in [4.69, 9.17) is 5.11 Å². The molecule has 1 heterocycles. The minimum atomic E-state index is -0.898. The molecule has 6 heteroatoms. The molecule has 1 aromatic heterocycles.